The topological polar surface area (TPSA) is 92.9 Å². The van der Waals surface area contributed by atoms with Crippen molar-refractivity contribution in [1.82, 2.24) is 24.8 Å². The fourth-order valence-corrected chi connectivity index (χ4v) is 5.97. The maximum Gasteiger partial charge on any atom is 0.280 e. The first-order valence-electron chi connectivity index (χ1n) is 12.4. The Bertz CT molecular complexity index is 1380. The Morgan fingerprint density at radius 1 is 1.25 bits per heavy atom. The normalized spacial score (nSPS) is 18.1. The van der Waals surface area contributed by atoms with Crippen molar-refractivity contribution in [3.8, 4) is 11.3 Å². The Hall–Kier alpha value is -2.81. The van der Waals surface area contributed by atoms with Crippen molar-refractivity contribution in [1.29, 1.82) is 0 Å². The lowest BCUT2D eigenvalue weighted by Crippen LogP contribution is -2.39. The van der Waals surface area contributed by atoms with Gasteiger partial charge in [-0.25, -0.2) is 9.97 Å². The van der Waals surface area contributed by atoms with Crippen LogP contribution in [0.15, 0.2) is 42.7 Å². The highest BCUT2D eigenvalue weighted by atomic mass is 35.5. The fourth-order valence-electron chi connectivity index (χ4n) is 5.16. The van der Waals surface area contributed by atoms with E-state index in [0.29, 0.717) is 15.3 Å². The van der Waals surface area contributed by atoms with Crippen LogP contribution in [0.25, 0.3) is 22.3 Å². The number of nitrogens with one attached hydrogen (secondary N) is 1. The number of hydrogen-bond donors (Lipinski definition) is 2. The third-order valence-corrected chi connectivity index (χ3v) is 7.84. The molecule has 0 saturated heterocycles. The van der Waals surface area contributed by atoms with E-state index in [4.69, 9.17) is 21.6 Å². The molecule has 0 spiro atoms. The van der Waals surface area contributed by atoms with E-state index in [-0.39, 0.29) is 24.6 Å². The number of imidazole rings is 1. The summed E-state index contributed by atoms with van der Waals surface area (Å²) in [6, 6.07) is 10.2. The first kappa shape index (κ1) is 24.9. The number of aliphatic hydroxyl groups is 1. The Morgan fingerprint density at radius 2 is 2.08 bits per heavy atom. The maximum atomic E-state index is 12.7. The Balaban J connectivity index is 1.49. The van der Waals surface area contributed by atoms with Crippen LogP contribution in [0.4, 0.5) is 0 Å². The standard InChI is InChI=1S/C27H30ClN5O2S/c1-16(2)10-25-32-22-13-29-21(20-9-4-3-6-17(20)15-34)12-23(22)33(25)19-8-5-7-18(11-19)31-26(35)27-30-14-24(28)36-27/h3-4,6,9,12-14,16,18-19,34H,5,7-8,10-11,15H2,1-2H3,(H,31,35)/t18-,19+/m0/s1. The number of aliphatic hydroxyl groups excluding tert-OH is 1. The lowest BCUT2D eigenvalue weighted by molar-refractivity contribution is 0.0920. The van der Waals surface area contributed by atoms with Crippen molar-refractivity contribution in [2.24, 2.45) is 5.92 Å². The molecule has 3 aromatic heterocycles. The molecule has 1 amide bonds. The van der Waals surface area contributed by atoms with Gasteiger partial charge in [0.2, 0.25) is 0 Å². The van der Waals surface area contributed by atoms with Gasteiger partial charge in [-0.1, -0.05) is 61.1 Å². The summed E-state index contributed by atoms with van der Waals surface area (Å²) in [5, 5.41) is 13.4. The molecule has 36 heavy (non-hydrogen) atoms. The molecule has 7 nitrogen and oxygen atoms in total. The summed E-state index contributed by atoms with van der Waals surface area (Å²) in [6.07, 6.45) is 8.02. The molecule has 2 N–H and O–H groups in total. The van der Waals surface area contributed by atoms with Gasteiger partial charge in [0.25, 0.3) is 5.91 Å². The summed E-state index contributed by atoms with van der Waals surface area (Å²) in [4.78, 5) is 26.5. The molecule has 0 bridgehead atoms. The van der Waals surface area contributed by atoms with Gasteiger partial charge in [-0.15, -0.1) is 0 Å². The Morgan fingerprint density at radius 3 is 2.83 bits per heavy atom. The molecule has 1 fully saturated rings. The molecule has 0 unspecified atom stereocenters. The first-order valence-corrected chi connectivity index (χ1v) is 13.6. The second-order valence-corrected chi connectivity index (χ2v) is 11.5. The van der Waals surface area contributed by atoms with Crippen molar-refractivity contribution in [2.45, 2.75) is 64.6 Å². The molecule has 1 saturated carbocycles. The van der Waals surface area contributed by atoms with E-state index < -0.39 is 0 Å². The molecule has 0 radical (unpaired) electrons. The van der Waals surface area contributed by atoms with Crippen molar-refractivity contribution < 1.29 is 9.90 Å². The molecule has 1 aliphatic rings. The van der Waals surface area contributed by atoms with E-state index in [1.54, 1.807) is 0 Å². The van der Waals surface area contributed by atoms with E-state index in [1.807, 2.05) is 30.5 Å². The molecule has 5 rings (SSSR count). The van der Waals surface area contributed by atoms with Crippen LogP contribution in [0.1, 0.15) is 66.8 Å². The largest absolute Gasteiger partial charge is 0.392 e. The van der Waals surface area contributed by atoms with Crippen LogP contribution in [0.5, 0.6) is 0 Å². The highest BCUT2D eigenvalue weighted by molar-refractivity contribution is 7.17. The van der Waals surface area contributed by atoms with Gasteiger partial charge in [0.15, 0.2) is 5.01 Å². The van der Waals surface area contributed by atoms with E-state index >= 15 is 0 Å². The number of rotatable bonds is 7. The number of carbonyl (C=O) groups is 1. The number of thiazole rings is 1. The number of carbonyl (C=O) groups excluding carboxylic acids is 1. The minimum atomic E-state index is -0.164. The van der Waals surface area contributed by atoms with Gasteiger partial charge in [-0.3, -0.25) is 9.78 Å². The first-order chi connectivity index (χ1) is 17.4. The van der Waals surface area contributed by atoms with E-state index in [2.05, 4.69) is 34.8 Å². The van der Waals surface area contributed by atoms with Crippen LogP contribution in [0.3, 0.4) is 0 Å². The SMILES string of the molecule is CC(C)Cc1nc2cnc(-c3ccccc3CO)cc2n1[C@@H]1CCC[C@H](NC(=O)c2ncc(Cl)s2)C1. The zero-order chi connectivity index (χ0) is 25.2. The quantitative estimate of drug-likeness (QED) is 0.319. The van der Waals surface area contributed by atoms with Gasteiger partial charge in [0.05, 0.1) is 30.2 Å². The molecule has 188 valence electrons. The van der Waals surface area contributed by atoms with Crippen LogP contribution in [-0.2, 0) is 13.0 Å². The van der Waals surface area contributed by atoms with Gasteiger partial charge in [-0.05, 0) is 43.2 Å². The number of amides is 1. The number of aromatic nitrogens is 4. The molecule has 3 heterocycles. The minimum Gasteiger partial charge on any atom is -0.392 e. The average Bonchev–Trinajstić information content (AvgIpc) is 3.46. The molecule has 4 aromatic rings. The van der Waals surface area contributed by atoms with E-state index in [9.17, 15) is 9.90 Å². The molecule has 9 heteroatoms. The average molecular weight is 524 g/mol. The predicted octanol–water partition coefficient (Wildman–Crippen LogP) is 5.81. The number of pyridine rings is 1. The number of nitrogens with zero attached hydrogens (tertiary/aromatic N) is 4. The number of benzene rings is 1. The molecule has 2 atom stereocenters. The number of fused-ring (bicyclic) bond motifs is 1. The van der Waals surface area contributed by atoms with Gasteiger partial charge in [-0.2, -0.15) is 0 Å². The van der Waals surface area contributed by atoms with Crippen molar-refractivity contribution >= 4 is 39.9 Å². The third kappa shape index (κ3) is 5.16. The van der Waals surface area contributed by atoms with Crippen LogP contribution in [0.2, 0.25) is 4.34 Å². The summed E-state index contributed by atoms with van der Waals surface area (Å²) in [5.41, 5.74) is 4.52. The summed E-state index contributed by atoms with van der Waals surface area (Å²) in [7, 11) is 0. The Labute approximate surface area is 219 Å². The molecular formula is C27H30ClN5O2S. The second-order valence-electron chi connectivity index (χ2n) is 9.83. The smallest absolute Gasteiger partial charge is 0.280 e. The lowest BCUT2D eigenvalue weighted by atomic mass is 9.90. The maximum absolute atomic E-state index is 12.7. The molecular weight excluding hydrogens is 494 g/mol. The van der Waals surface area contributed by atoms with Crippen molar-refractivity contribution in [2.75, 3.05) is 0 Å². The third-order valence-electron chi connectivity index (χ3n) is 6.72. The number of hydrogen-bond acceptors (Lipinski definition) is 6. The van der Waals surface area contributed by atoms with Crippen LogP contribution in [-0.4, -0.2) is 36.6 Å². The zero-order valence-corrected chi connectivity index (χ0v) is 22.0. The zero-order valence-electron chi connectivity index (χ0n) is 20.4. The van der Waals surface area contributed by atoms with Gasteiger partial charge >= 0.3 is 0 Å². The van der Waals surface area contributed by atoms with Gasteiger partial charge in [0, 0.05) is 24.1 Å². The van der Waals surface area contributed by atoms with E-state index in [1.165, 1.54) is 17.5 Å². The second kappa shape index (κ2) is 10.7. The summed E-state index contributed by atoms with van der Waals surface area (Å²) in [6.45, 7) is 4.36. The molecule has 1 aliphatic carbocycles. The number of halogens is 1. The molecule has 1 aromatic carbocycles. The molecule has 0 aliphatic heterocycles. The van der Waals surface area contributed by atoms with Crippen molar-refractivity contribution in [3.05, 3.63) is 63.5 Å². The lowest BCUT2D eigenvalue weighted by Gasteiger charge is -2.32. The Kier molecular flexibility index (Phi) is 7.37. The van der Waals surface area contributed by atoms with Gasteiger partial charge in [0.1, 0.15) is 15.7 Å². The monoisotopic (exact) mass is 523 g/mol. The predicted molar refractivity (Wildman–Crippen MR) is 143 cm³/mol. The van der Waals surface area contributed by atoms with Crippen LogP contribution >= 0.6 is 22.9 Å². The van der Waals surface area contributed by atoms with Gasteiger partial charge < -0.3 is 15.0 Å². The van der Waals surface area contributed by atoms with E-state index in [0.717, 1.165) is 65.8 Å². The van der Waals surface area contributed by atoms with Crippen molar-refractivity contribution in [3.63, 3.8) is 0 Å². The van der Waals surface area contributed by atoms with Crippen LogP contribution in [0, 0.1) is 5.92 Å². The summed E-state index contributed by atoms with van der Waals surface area (Å²) in [5.74, 6) is 1.34. The summed E-state index contributed by atoms with van der Waals surface area (Å²) >= 11 is 7.17. The summed E-state index contributed by atoms with van der Waals surface area (Å²) < 4.78 is 2.89. The highest BCUT2D eigenvalue weighted by Crippen LogP contribution is 2.35. The highest BCUT2D eigenvalue weighted by Gasteiger charge is 2.29. The minimum absolute atomic E-state index is 0.0396. The van der Waals surface area contributed by atoms with Crippen LogP contribution < -0.4 is 5.32 Å². The fraction of sp³-hybridized carbons (Fsp3) is 0.407.